The highest BCUT2D eigenvalue weighted by molar-refractivity contribution is 7.80. The Bertz CT molecular complexity index is 437. The van der Waals surface area contributed by atoms with Gasteiger partial charge in [-0.1, -0.05) is 24.4 Å². The third-order valence-electron chi connectivity index (χ3n) is 2.61. The number of carbonyl (C=O) groups is 1. The Morgan fingerprint density at radius 2 is 2.22 bits per heavy atom. The second-order valence-corrected chi connectivity index (χ2v) is 4.52. The first-order valence-corrected chi connectivity index (χ1v) is 6.24. The molecule has 1 amide bonds. The van der Waals surface area contributed by atoms with Gasteiger partial charge in [-0.3, -0.25) is 4.79 Å². The second kappa shape index (κ2) is 7.06. The molecule has 0 radical (unpaired) electrons. The number of rotatable bonds is 6. The van der Waals surface area contributed by atoms with E-state index >= 15 is 0 Å². The van der Waals surface area contributed by atoms with E-state index in [1.807, 2.05) is 6.92 Å². The van der Waals surface area contributed by atoms with Gasteiger partial charge in [0.25, 0.3) is 0 Å². The predicted molar refractivity (Wildman–Crippen MR) is 73.8 cm³/mol. The van der Waals surface area contributed by atoms with Crippen LogP contribution in [-0.4, -0.2) is 28.9 Å². The summed E-state index contributed by atoms with van der Waals surface area (Å²) in [5, 5.41) is 0. The monoisotopic (exact) mass is 268 g/mol. The number of nitrogens with two attached hydrogens (primary N) is 1. The van der Waals surface area contributed by atoms with Crippen LogP contribution in [0.2, 0.25) is 0 Å². The molecule has 3 nitrogen and oxygen atoms in total. The molecule has 1 aromatic rings. The lowest BCUT2D eigenvalue weighted by Crippen LogP contribution is -2.34. The zero-order chi connectivity index (χ0) is 13.5. The van der Waals surface area contributed by atoms with Crippen LogP contribution in [-0.2, 0) is 11.2 Å². The number of halogens is 1. The van der Waals surface area contributed by atoms with E-state index in [-0.39, 0.29) is 18.1 Å². The van der Waals surface area contributed by atoms with Gasteiger partial charge in [0.15, 0.2) is 0 Å². The summed E-state index contributed by atoms with van der Waals surface area (Å²) in [6.07, 6.45) is 0.709. The van der Waals surface area contributed by atoms with E-state index in [4.69, 9.17) is 18.0 Å². The van der Waals surface area contributed by atoms with Crippen molar-refractivity contribution in [3.63, 3.8) is 0 Å². The topological polar surface area (TPSA) is 46.3 Å². The third-order valence-corrected chi connectivity index (χ3v) is 2.81. The van der Waals surface area contributed by atoms with Crippen LogP contribution in [0, 0.1) is 5.82 Å². The van der Waals surface area contributed by atoms with Crippen molar-refractivity contribution >= 4 is 23.1 Å². The van der Waals surface area contributed by atoms with Crippen molar-refractivity contribution in [1.29, 1.82) is 0 Å². The molecule has 98 valence electrons. The number of thiocarbonyl (C=S) groups is 1. The number of hydrogen-bond acceptors (Lipinski definition) is 2. The molecule has 0 bridgehead atoms. The Morgan fingerprint density at radius 1 is 1.50 bits per heavy atom. The summed E-state index contributed by atoms with van der Waals surface area (Å²) in [7, 11) is 0. The van der Waals surface area contributed by atoms with E-state index in [0.29, 0.717) is 30.1 Å². The summed E-state index contributed by atoms with van der Waals surface area (Å²) in [5.41, 5.74) is 6.09. The average Bonchev–Trinajstić information content (AvgIpc) is 2.29. The standard InChI is InChI=1S/C13H17FN2OS/c1-2-16(7-6-12(15)18)13(17)9-10-4-3-5-11(14)8-10/h3-5,8H,2,6-7,9H2,1H3,(H2,15,18). The van der Waals surface area contributed by atoms with E-state index in [9.17, 15) is 9.18 Å². The van der Waals surface area contributed by atoms with Crippen molar-refractivity contribution in [3.8, 4) is 0 Å². The summed E-state index contributed by atoms with van der Waals surface area (Å²) in [4.78, 5) is 14.1. The molecule has 0 saturated carbocycles. The molecule has 0 fully saturated rings. The van der Waals surface area contributed by atoms with Gasteiger partial charge < -0.3 is 10.6 Å². The van der Waals surface area contributed by atoms with Crippen LogP contribution in [0.5, 0.6) is 0 Å². The van der Waals surface area contributed by atoms with Crippen molar-refractivity contribution in [2.45, 2.75) is 19.8 Å². The molecule has 0 aliphatic rings. The summed E-state index contributed by atoms with van der Waals surface area (Å²) in [6, 6.07) is 6.07. The van der Waals surface area contributed by atoms with Gasteiger partial charge in [0.05, 0.1) is 11.4 Å². The Balaban J connectivity index is 2.59. The van der Waals surface area contributed by atoms with Crippen molar-refractivity contribution in [3.05, 3.63) is 35.6 Å². The summed E-state index contributed by atoms with van der Waals surface area (Å²) >= 11 is 4.79. The van der Waals surface area contributed by atoms with Gasteiger partial charge in [-0.2, -0.15) is 0 Å². The van der Waals surface area contributed by atoms with Crippen molar-refractivity contribution in [1.82, 2.24) is 4.90 Å². The van der Waals surface area contributed by atoms with Crippen LogP contribution < -0.4 is 5.73 Å². The predicted octanol–water partition coefficient (Wildman–Crippen LogP) is 1.89. The minimum atomic E-state index is -0.327. The normalized spacial score (nSPS) is 10.1. The molecule has 18 heavy (non-hydrogen) atoms. The summed E-state index contributed by atoms with van der Waals surface area (Å²) in [6.45, 7) is 3.00. The molecule has 0 heterocycles. The molecule has 2 N–H and O–H groups in total. The molecule has 1 aromatic carbocycles. The van der Waals surface area contributed by atoms with Gasteiger partial charge in [0.1, 0.15) is 5.82 Å². The fraction of sp³-hybridized carbons (Fsp3) is 0.385. The number of benzene rings is 1. The molecule has 1 rings (SSSR count). The van der Waals surface area contributed by atoms with Gasteiger partial charge in [-0.25, -0.2) is 4.39 Å². The lowest BCUT2D eigenvalue weighted by Gasteiger charge is -2.20. The summed E-state index contributed by atoms with van der Waals surface area (Å²) in [5.74, 6) is -0.370. The fourth-order valence-corrected chi connectivity index (χ4v) is 1.73. The number of nitrogens with zero attached hydrogens (tertiary/aromatic N) is 1. The molecule has 0 spiro atoms. The molecule has 0 atom stereocenters. The zero-order valence-electron chi connectivity index (χ0n) is 10.4. The maximum atomic E-state index is 13.0. The largest absolute Gasteiger partial charge is 0.393 e. The SMILES string of the molecule is CCN(CCC(N)=S)C(=O)Cc1cccc(F)c1. The van der Waals surface area contributed by atoms with Crippen molar-refractivity contribution in [2.75, 3.05) is 13.1 Å². The highest BCUT2D eigenvalue weighted by Crippen LogP contribution is 2.06. The van der Waals surface area contributed by atoms with Crippen LogP contribution in [0.1, 0.15) is 18.9 Å². The maximum Gasteiger partial charge on any atom is 0.226 e. The van der Waals surface area contributed by atoms with Crippen LogP contribution in [0.4, 0.5) is 4.39 Å². The number of amides is 1. The van der Waals surface area contributed by atoms with Gasteiger partial charge in [-0.15, -0.1) is 0 Å². The molecule has 0 saturated heterocycles. The van der Waals surface area contributed by atoms with E-state index in [1.54, 1.807) is 17.0 Å². The molecule has 0 unspecified atom stereocenters. The van der Waals surface area contributed by atoms with Crippen molar-refractivity contribution < 1.29 is 9.18 Å². The Hall–Kier alpha value is -1.49. The van der Waals surface area contributed by atoms with E-state index < -0.39 is 0 Å². The fourth-order valence-electron chi connectivity index (χ4n) is 1.64. The minimum Gasteiger partial charge on any atom is -0.393 e. The van der Waals surface area contributed by atoms with E-state index in [1.165, 1.54) is 12.1 Å². The third kappa shape index (κ3) is 4.79. The minimum absolute atomic E-state index is 0.0423. The average molecular weight is 268 g/mol. The lowest BCUT2D eigenvalue weighted by atomic mass is 10.1. The molecular formula is C13H17FN2OS. The Morgan fingerprint density at radius 3 is 2.78 bits per heavy atom. The van der Waals surface area contributed by atoms with Crippen LogP contribution >= 0.6 is 12.2 Å². The van der Waals surface area contributed by atoms with Gasteiger partial charge in [0.2, 0.25) is 5.91 Å². The van der Waals surface area contributed by atoms with Crippen LogP contribution in [0.25, 0.3) is 0 Å². The summed E-state index contributed by atoms with van der Waals surface area (Å²) < 4.78 is 13.0. The Labute approximate surface area is 112 Å². The van der Waals surface area contributed by atoms with Gasteiger partial charge in [-0.05, 0) is 24.6 Å². The molecule has 0 aromatic heterocycles. The smallest absolute Gasteiger partial charge is 0.226 e. The maximum absolute atomic E-state index is 13.0. The zero-order valence-corrected chi connectivity index (χ0v) is 11.2. The highest BCUT2D eigenvalue weighted by Gasteiger charge is 2.12. The Kier molecular flexibility index (Phi) is 5.71. The van der Waals surface area contributed by atoms with Crippen LogP contribution in [0.3, 0.4) is 0 Å². The van der Waals surface area contributed by atoms with Gasteiger partial charge in [0, 0.05) is 19.5 Å². The molecule has 0 aliphatic heterocycles. The number of hydrogen-bond donors (Lipinski definition) is 1. The lowest BCUT2D eigenvalue weighted by molar-refractivity contribution is -0.130. The molecular weight excluding hydrogens is 251 g/mol. The number of carbonyl (C=O) groups excluding carboxylic acids is 1. The van der Waals surface area contributed by atoms with Crippen molar-refractivity contribution in [2.24, 2.45) is 5.73 Å². The highest BCUT2D eigenvalue weighted by atomic mass is 32.1. The number of likely N-dealkylation sites (N-methyl/N-ethyl adjacent to an activating group) is 1. The van der Waals surface area contributed by atoms with E-state index in [2.05, 4.69) is 0 Å². The quantitative estimate of drug-likeness (QED) is 0.801. The first kappa shape index (κ1) is 14.6. The van der Waals surface area contributed by atoms with Crippen LogP contribution in [0.15, 0.2) is 24.3 Å². The first-order chi connectivity index (χ1) is 8.52. The first-order valence-electron chi connectivity index (χ1n) is 5.83. The molecule has 0 aliphatic carbocycles. The van der Waals surface area contributed by atoms with E-state index in [0.717, 1.165) is 0 Å². The second-order valence-electron chi connectivity index (χ2n) is 4.00. The molecule has 5 heteroatoms. The van der Waals surface area contributed by atoms with Gasteiger partial charge >= 0.3 is 0 Å².